The van der Waals surface area contributed by atoms with Crippen LogP contribution >= 0.6 is 11.6 Å². The van der Waals surface area contributed by atoms with Crippen LogP contribution in [0.5, 0.6) is 5.75 Å². The Hall–Kier alpha value is -1.02. The Bertz CT molecular complexity index is 401. The quantitative estimate of drug-likeness (QED) is 0.789. The molecule has 0 spiro atoms. The normalized spacial score (nSPS) is 23.7. The number of Topliss-reactive ketones (excluding diaryl/α,β-unsaturated/α-hetero) is 1. The molecule has 0 bridgehead atoms. The van der Waals surface area contributed by atoms with Crippen molar-refractivity contribution in [3.8, 4) is 5.75 Å². The standard InChI is InChI=1S/C12H13ClO2/c1-7(14)8-6-9(8)12-10(13)4-3-5-11(12)15-2/h3-5,8-9H,6H2,1-2H3. The van der Waals surface area contributed by atoms with E-state index in [1.807, 2.05) is 18.2 Å². The Morgan fingerprint density at radius 1 is 1.53 bits per heavy atom. The molecule has 2 unspecified atom stereocenters. The van der Waals surface area contributed by atoms with Crippen molar-refractivity contribution >= 4 is 17.4 Å². The summed E-state index contributed by atoms with van der Waals surface area (Å²) in [7, 11) is 1.63. The van der Waals surface area contributed by atoms with E-state index in [0.717, 1.165) is 17.7 Å². The van der Waals surface area contributed by atoms with Crippen molar-refractivity contribution in [2.24, 2.45) is 5.92 Å². The second-order valence-electron chi connectivity index (χ2n) is 3.92. The highest BCUT2D eigenvalue weighted by atomic mass is 35.5. The lowest BCUT2D eigenvalue weighted by Crippen LogP contribution is -1.97. The van der Waals surface area contributed by atoms with Gasteiger partial charge in [-0.3, -0.25) is 4.79 Å². The molecular formula is C12H13ClO2. The molecule has 1 aromatic carbocycles. The van der Waals surface area contributed by atoms with Crippen LogP contribution < -0.4 is 4.74 Å². The summed E-state index contributed by atoms with van der Waals surface area (Å²) in [6, 6.07) is 5.58. The van der Waals surface area contributed by atoms with Crippen LogP contribution in [0.15, 0.2) is 18.2 Å². The lowest BCUT2D eigenvalue weighted by atomic mass is 10.1. The number of hydrogen-bond donors (Lipinski definition) is 0. The summed E-state index contributed by atoms with van der Waals surface area (Å²) in [5.41, 5.74) is 0.988. The highest BCUT2D eigenvalue weighted by Crippen LogP contribution is 2.52. The highest BCUT2D eigenvalue weighted by molar-refractivity contribution is 6.31. The zero-order chi connectivity index (χ0) is 11.0. The van der Waals surface area contributed by atoms with Crippen LogP contribution in [0, 0.1) is 5.92 Å². The molecule has 1 aliphatic rings. The number of rotatable bonds is 3. The summed E-state index contributed by atoms with van der Waals surface area (Å²) in [4.78, 5) is 11.2. The average molecular weight is 225 g/mol. The summed E-state index contributed by atoms with van der Waals surface area (Å²) in [5, 5.41) is 0.697. The molecular weight excluding hydrogens is 212 g/mol. The number of ether oxygens (including phenoxy) is 1. The van der Waals surface area contributed by atoms with Crippen LogP contribution in [0.4, 0.5) is 0 Å². The third-order valence-corrected chi connectivity index (χ3v) is 3.25. The van der Waals surface area contributed by atoms with E-state index in [2.05, 4.69) is 0 Å². The van der Waals surface area contributed by atoms with Gasteiger partial charge >= 0.3 is 0 Å². The van der Waals surface area contributed by atoms with Crippen molar-refractivity contribution in [2.45, 2.75) is 19.3 Å². The molecule has 0 amide bonds. The van der Waals surface area contributed by atoms with E-state index in [9.17, 15) is 4.79 Å². The minimum Gasteiger partial charge on any atom is -0.496 e. The number of carbonyl (C=O) groups is 1. The van der Waals surface area contributed by atoms with Crippen LogP contribution in [0.25, 0.3) is 0 Å². The predicted molar refractivity (Wildman–Crippen MR) is 59.5 cm³/mol. The molecule has 0 radical (unpaired) electrons. The van der Waals surface area contributed by atoms with Gasteiger partial charge in [0.2, 0.25) is 0 Å². The lowest BCUT2D eigenvalue weighted by Gasteiger charge is -2.09. The first kappa shape index (κ1) is 10.5. The molecule has 1 aromatic rings. The van der Waals surface area contributed by atoms with E-state index in [0.29, 0.717) is 5.02 Å². The summed E-state index contributed by atoms with van der Waals surface area (Å²) >= 11 is 6.12. The molecule has 0 N–H and O–H groups in total. The van der Waals surface area contributed by atoms with Crippen molar-refractivity contribution in [1.82, 2.24) is 0 Å². The fraction of sp³-hybridized carbons (Fsp3) is 0.417. The van der Waals surface area contributed by atoms with Crippen molar-refractivity contribution < 1.29 is 9.53 Å². The van der Waals surface area contributed by atoms with Gasteiger partial charge in [0, 0.05) is 16.5 Å². The minimum atomic E-state index is 0.138. The van der Waals surface area contributed by atoms with Crippen LogP contribution in [0.1, 0.15) is 24.8 Å². The Kier molecular flexibility index (Phi) is 2.70. The van der Waals surface area contributed by atoms with Crippen LogP contribution in [0.2, 0.25) is 5.02 Å². The number of halogens is 1. The first-order valence-electron chi connectivity index (χ1n) is 4.98. The fourth-order valence-electron chi connectivity index (χ4n) is 2.02. The number of methoxy groups -OCH3 is 1. The molecule has 0 heterocycles. The maximum atomic E-state index is 11.2. The number of hydrogen-bond acceptors (Lipinski definition) is 2. The van der Waals surface area contributed by atoms with Crippen LogP contribution in [0.3, 0.4) is 0 Å². The van der Waals surface area contributed by atoms with E-state index >= 15 is 0 Å². The number of ketones is 1. The molecule has 3 heteroatoms. The summed E-state index contributed by atoms with van der Waals surface area (Å²) in [6.45, 7) is 1.63. The van der Waals surface area contributed by atoms with E-state index in [1.165, 1.54) is 0 Å². The lowest BCUT2D eigenvalue weighted by molar-refractivity contribution is -0.118. The Morgan fingerprint density at radius 2 is 2.27 bits per heavy atom. The van der Waals surface area contributed by atoms with Gasteiger partial charge in [-0.2, -0.15) is 0 Å². The van der Waals surface area contributed by atoms with Crippen molar-refractivity contribution in [1.29, 1.82) is 0 Å². The molecule has 1 saturated carbocycles. The molecule has 1 aliphatic carbocycles. The first-order chi connectivity index (χ1) is 7.15. The highest BCUT2D eigenvalue weighted by Gasteiger charge is 2.44. The Labute approximate surface area is 94.2 Å². The van der Waals surface area contributed by atoms with Gasteiger partial charge in [-0.05, 0) is 31.4 Å². The monoisotopic (exact) mass is 224 g/mol. The molecule has 0 saturated heterocycles. The van der Waals surface area contributed by atoms with Crippen molar-refractivity contribution in [3.63, 3.8) is 0 Å². The molecule has 2 nitrogen and oxygen atoms in total. The molecule has 80 valence electrons. The maximum Gasteiger partial charge on any atom is 0.133 e. The molecule has 0 aliphatic heterocycles. The topological polar surface area (TPSA) is 26.3 Å². The van der Waals surface area contributed by atoms with E-state index < -0.39 is 0 Å². The van der Waals surface area contributed by atoms with Gasteiger partial charge in [-0.25, -0.2) is 0 Å². The van der Waals surface area contributed by atoms with Gasteiger partial charge < -0.3 is 4.74 Å². The van der Waals surface area contributed by atoms with Crippen molar-refractivity contribution in [3.05, 3.63) is 28.8 Å². The second-order valence-corrected chi connectivity index (χ2v) is 4.32. The van der Waals surface area contributed by atoms with Gasteiger partial charge in [0.1, 0.15) is 11.5 Å². The largest absolute Gasteiger partial charge is 0.496 e. The minimum absolute atomic E-state index is 0.138. The molecule has 2 rings (SSSR count). The van der Waals surface area contributed by atoms with E-state index in [-0.39, 0.29) is 17.6 Å². The maximum absolute atomic E-state index is 11.2. The van der Waals surface area contributed by atoms with Crippen molar-refractivity contribution in [2.75, 3.05) is 7.11 Å². The van der Waals surface area contributed by atoms with Gasteiger partial charge in [0.05, 0.1) is 7.11 Å². The van der Waals surface area contributed by atoms with Gasteiger partial charge in [-0.15, -0.1) is 0 Å². The third kappa shape index (κ3) is 1.86. The Morgan fingerprint density at radius 3 is 2.80 bits per heavy atom. The summed E-state index contributed by atoms with van der Waals surface area (Å²) in [6.07, 6.45) is 0.898. The van der Waals surface area contributed by atoms with Crippen LogP contribution in [-0.4, -0.2) is 12.9 Å². The van der Waals surface area contributed by atoms with Gasteiger partial charge in [0.15, 0.2) is 0 Å². The zero-order valence-corrected chi connectivity index (χ0v) is 9.54. The second kappa shape index (κ2) is 3.86. The van der Waals surface area contributed by atoms with Crippen LogP contribution in [-0.2, 0) is 4.79 Å². The SMILES string of the molecule is COc1cccc(Cl)c1C1CC1C(C)=O. The van der Waals surface area contributed by atoms with Gasteiger partial charge in [0.25, 0.3) is 0 Å². The van der Waals surface area contributed by atoms with E-state index in [4.69, 9.17) is 16.3 Å². The smallest absolute Gasteiger partial charge is 0.133 e. The predicted octanol–water partition coefficient (Wildman–Crippen LogP) is 3.04. The summed E-state index contributed by atoms with van der Waals surface area (Å²) < 4.78 is 5.26. The van der Waals surface area contributed by atoms with Gasteiger partial charge in [-0.1, -0.05) is 17.7 Å². The zero-order valence-electron chi connectivity index (χ0n) is 8.79. The van der Waals surface area contributed by atoms with E-state index in [1.54, 1.807) is 14.0 Å². The molecule has 0 aromatic heterocycles. The fourth-order valence-corrected chi connectivity index (χ4v) is 2.32. The first-order valence-corrected chi connectivity index (χ1v) is 5.35. The molecule has 15 heavy (non-hydrogen) atoms. The number of benzene rings is 1. The Balaban J connectivity index is 2.33. The molecule has 2 atom stereocenters. The number of carbonyl (C=O) groups excluding carboxylic acids is 1. The average Bonchev–Trinajstić information content (AvgIpc) is 2.96. The molecule has 1 fully saturated rings. The third-order valence-electron chi connectivity index (χ3n) is 2.92. The summed E-state index contributed by atoms with van der Waals surface area (Å²) in [5.74, 6) is 1.42.